The lowest BCUT2D eigenvalue weighted by molar-refractivity contribution is -0.0606. The lowest BCUT2D eigenvalue weighted by atomic mass is 9.82. The van der Waals surface area contributed by atoms with E-state index >= 15 is 0 Å². The molecule has 0 spiro atoms. The number of hydrogen-bond donors (Lipinski definition) is 1. The molecule has 1 aliphatic heterocycles. The molecular weight excluding hydrogens is 214 g/mol. The SMILES string of the molecule is CC(C)CN(CC1(CO)CCCOC1)C(C)C. The van der Waals surface area contributed by atoms with E-state index < -0.39 is 0 Å². The van der Waals surface area contributed by atoms with Gasteiger partial charge in [-0.2, -0.15) is 0 Å². The highest BCUT2D eigenvalue weighted by Gasteiger charge is 2.34. The van der Waals surface area contributed by atoms with Crippen LogP contribution in [-0.4, -0.2) is 49.0 Å². The number of aliphatic hydroxyl groups excluding tert-OH is 1. The zero-order valence-electron chi connectivity index (χ0n) is 11.9. The highest BCUT2D eigenvalue weighted by Crippen LogP contribution is 2.30. The van der Waals surface area contributed by atoms with Crippen molar-refractivity contribution in [2.75, 3.05) is 32.9 Å². The minimum Gasteiger partial charge on any atom is -0.396 e. The van der Waals surface area contributed by atoms with Crippen LogP contribution in [-0.2, 0) is 4.74 Å². The van der Waals surface area contributed by atoms with Crippen molar-refractivity contribution >= 4 is 0 Å². The maximum absolute atomic E-state index is 9.70. The minimum absolute atomic E-state index is 0.0303. The first-order valence-electron chi connectivity index (χ1n) is 6.92. The second-order valence-corrected chi connectivity index (χ2v) is 6.23. The molecule has 3 heteroatoms. The van der Waals surface area contributed by atoms with E-state index in [0.29, 0.717) is 18.6 Å². The third kappa shape index (κ3) is 4.57. The first kappa shape index (κ1) is 14.9. The zero-order valence-corrected chi connectivity index (χ0v) is 11.9. The van der Waals surface area contributed by atoms with Crippen molar-refractivity contribution in [2.45, 2.75) is 46.6 Å². The standard InChI is InChI=1S/C14H29NO2/c1-12(2)8-15(13(3)4)9-14(10-16)6-5-7-17-11-14/h12-13,16H,5-11H2,1-4H3. The molecule has 0 aromatic heterocycles. The Bertz CT molecular complexity index is 210. The van der Waals surface area contributed by atoms with Crippen LogP contribution in [0.1, 0.15) is 40.5 Å². The van der Waals surface area contributed by atoms with E-state index in [9.17, 15) is 5.11 Å². The first-order chi connectivity index (χ1) is 7.99. The second kappa shape index (κ2) is 6.72. The molecule has 1 aliphatic rings. The van der Waals surface area contributed by atoms with Crippen molar-refractivity contribution < 1.29 is 9.84 Å². The van der Waals surface area contributed by atoms with Gasteiger partial charge in [-0.3, -0.25) is 4.90 Å². The van der Waals surface area contributed by atoms with Crippen molar-refractivity contribution in [1.82, 2.24) is 4.90 Å². The van der Waals surface area contributed by atoms with E-state index in [1.807, 2.05) is 0 Å². The van der Waals surface area contributed by atoms with Crippen LogP contribution in [0.2, 0.25) is 0 Å². The predicted molar refractivity (Wildman–Crippen MR) is 71.1 cm³/mol. The molecule has 1 rings (SSSR count). The van der Waals surface area contributed by atoms with Crippen LogP contribution in [0.25, 0.3) is 0 Å². The molecule has 1 fully saturated rings. The largest absolute Gasteiger partial charge is 0.396 e. The van der Waals surface area contributed by atoms with Crippen LogP contribution in [0.5, 0.6) is 0 Å². The molecule has 0 aromatic carbocycles. The Kier molecular flexibility index (Phi) is 5.90. The van der Waals surface area contributed by atoms with Crippen LogP contribution < -0.4 is 0 Å². The van der Waals surface area contributed by atoms with Gasteiger partial charge in [0.25, 0.3) is 0 Å². The van der Waals surface area contributed by atoms with Crippen LogP contribution in [0, 0.1) is 11.3 Å². The Morgan fingerprint density at radius 1 is 1.29 bits per heavy atom. The average molecular weight is 243 g/mol. The fourth-order valence-corrected chi connectivity index (χ4v) is 2.57. The summed E-state index contributed by atoms with van der Waals surface area (Å²) in [5.74, 6) is 0.664. The first-order valence-corrected chi connectivity index (χ1v) is 6.92. The van der Waals surface area contributed by atoms with Crippen LogP contribution >= 0.6 is 0 Å². The molecule has 1 heterocycles. The molecule has 1 N–H and O–H groups in total. The lowest BCUT2D eigenvalue weighted by Gasteiger charge is -2.41. The van der Waals surface area contributed by atoms with Gasteiger partial charge in [0.1, 0.15) is 0 Å². The highest BCUT2D eigenvalue weighted by atomic mass is 16.5. The van der Waals surface area contributed by atoms with Gasteiger partial charge in [-0.15, -0.1) is 0 Å². The fourth-order valence-electron chi connectivity index (χ4n) is 2.57. The monoisotopic (exact) mass is 243 g/mol. The van der Waals surface area contributed by atoms with Gasteiger partial charge >= 0.3 is 0 Å². The smallest absolute Gasteiger partial charge is 0.0556 e. The summed E-state index contributed by atoms with van der Waals surface area (Å²) in [7, 11) is 0. The number of hydrogen-bond acceptors (Lipinski definition) is 3. The molecule has 0 aromatic rings. The quantitative estimate of drug-likeness (QED) is 0.776. The normalized spacial score (nSPS) is 26.1. The molecule has 0 aliphatic carbocycles. The molecule has 17 heavy (non-hydrogen) atoms. The van der Waals surface area contributed by atoms with Crippen LogP contribution in [0.3, 0.4) is 0 Å². The Hall–Kier alpha value is -0.120. The van der Waals surface area contributed by atoms with Gasteiger partial charge in [0.2, 0.25) is 0 Å². The van der Waals surface area contributed by atoms with Gasteiger partial charge in [-0.1, -0.05) is 13.8 Å². The maximum atomic E-state index is 9.70. The Morgan fingerprint density at radius 2 is 2.00 bits per heavy atom. The van der Waals surface area contributed by atoms with E-state index in [0.717, 1.165) is 32.5 Å². The van der Waals surface area contributed by atoms with Crippen molar-refractivity contribution in [3.05, 3.63) is 0 Å². The molecule has 1 unspecified atom stereocenters. The summed E-state index contributed by atoms with van der Waals surface area (Å²) in [6.07, 6.45) is 2.17. The molecule has 0 bridgehead atoms. The Labute approximate surface area is 106 Å². The summed E-state index contributed by atoms with van der Waals surface area (Å²) in [6.45, 7) is 12.8. The molecule has 0 amide bonds. The molecule has 1 atom stereocenters. The number of rotatable bonds is 6. The maximum Gasteiger partial charge on any atom is 0.0556 e. The number of aliphatic hydroxyl groups is 1. The summed E-state index contributed by atoms with van der Waals surface area (Å²) >= 11 is 0. The van der Waals surface area contributed by atoms with Crippen molar-refractivity contribution in [3.8, 4) is 0 Å². The van der Waals surface area contributed by atoms with Crippen molar-refractivity contribution in [2.24, 2.45) is 11.3 Å². The highest BCUT2D eigenvalue weighted by molar-refractivity contribution is 4.85. The fraction of sp³-hybridized carbons (Fsp3) is 1.00. The minimum atomic E-state index is -0.0303. The Balaban J connectivity index is 2.62. The van der Waals surface area contributed by atoms with Gasteiger partial charge in [0.05, 0.1) is 13.2 Å². The molecule has 0 radical (unpaired) electrons. The zero-order chi connectivity index (χ0) is 12.9. The van der Waals surface area contributed by atoms with Crippen molar-refractivity contribution in [1.29, 1.82) is 0 Å². The van der Waals surface area contributed by atoms with E-state index in [4.69, 9.17) is 4.74 Å². The number of ether oxygens (including phenoxy) is 1. The van der Waals surface area contributed by atoms with E-state index in [1.165, 1.54) is 0 Å². The van der Waals surface area contributed by atoms with Gasteiger partial charge in [0.15, 0.2) is 0 Å². The van der Waals surface area contributed by atoms with Gasteiger partial charge in [0, 0.05) is 31.2 Å². The summed E-state index contributed by atoms with van der Waals surface area (Å²) in [5.41, 5.74) is -0.0303. The molecule has 0 saturated carbocycles. The molecule has 1 saturated heterocycles. The molecule has 102 valence electrons. The van der Waals surface area contributed by atoms with Gasteiger partial charge < -0.3 is 9.84 Å². The summed E-state index contributed by atoms with van der Waals surface area (Å²) in [6, 6.07) is 0.530. The van der Waals surface area contributed by atoms with E-state index in [1.54, 1.807) is 0 Å². The van der Waals surface area contributed by atoms with Crippen LogP contribution in [0.15, 0.2) is 0 Å². The summed E-state index contributed by atoms with van der Waals surface area (Å²) in [4.78, 5) is 2.48. The number of nitrogens with zero attached hydrogens (tertiary/aromatic N) is 1. The third-order valence-corrected chi connectivity index (χ3v) is 3.61. The summed E-state index contributed by atoms with van der Waals surface area (Å²) < 4.78 is 5.58. The average Bonchev–Trinajstić information content (AvgIpc) is 2.29. The predicted octanol–water partition coefficient (Wildman–Crippen LogP) is 2.14. The van der Waals surface area contributed by atoms with E-state index in [2.05, 4.69) is 32.6 Å². The van der Waals surface area contributed by atoms with Crippen LogP contribution in [0.4, 0.5) is 0 Å². The van der Waals surface area contributed by atoms with E-state index in [-0.39, 0.29) is 12.0 Å². The third-order valence-electron chi connectivity index (χ3n) is 3.61. The topological polar surface area (TPSA) is 32.7 Å². The van der Waals surface area contributed by atoms with Crippen molar-refractivity contribution in [3.63, 3.8) is 0 Å². The lowest BCUT2D eigenvalue weighted by Crippen LogP contribution is -2.48. The summed E-state index contributed by atoms with van der Waals surface area (Å²) in [5, 5.41) is 9.70. The Morgan fingerprint density at radius 3 is 2.41 bits per heavy atom. The second-order valence-electron chi connectivity index (χ2n) is 6.23. The van der Waals surface area contributed by atoms with Gasteiger partial charge in [-0.05, 0) is 32.6 Å². The van der Waals surface area contributed by atoms with Gasteiger partial charge in [-0.25, -0.2) is 0 Å². The molecular formula is C14H29NO2. The molecule has 3 nitrogen and oxygen atoms in total.